The highest BCUT2D eigenvalue weighted by Gasteiger charge is 2.51. The summed E-state index contributed by atoms with van der Waals surface area (Å²) >= 11 is 0. The Bertz CT molecular complexity index is 410. The minimum Gasteiger partial charge on any atom is -0.549 e. The molecule has 1 unspecified atom stereocenters. The lowest BCUT2D eigenvalue weighted by molar-refractivity contribution is 0.327. The summed E-state index contributed by atoms with van der Waals surface area (Å²) in [6.07, 6.45) is 1.76. The molecule has 0 amide bonds. The van der Waals surface area contributed by atoms with Crippen molar-refractivity contribution in [2.75, 3.05) is 0 Å². The van der Waals surface area contributed by atoms with Gasteiger partial charge in [0, 0.05) is 12.7 Å². The van der Waals surface area contributed by atoms with Crippen molar-refractivity contribution in [1.29, 1.82) is 0 Å². The molecule has 3 rings (SSSR count). The molecule has 0 spiro atoms. The van der Waals surface area contributed by atoms with Crippen LogP contribution >= 0.6 is 0 Å². The molecule has 5 nitrogen and oxygen atoms in total. The third-order valence-electron chi connectivity index (χ3n) is 2.46. The lowest BCUT2D eigenvalue weighted by atomic mass is 9.92. The van der Waals surface area contributed by atoms with E-state index in [1.807, 2.05) is 12.1 Å². The zero-order valence-corrected chi connectivity index (χ0v) is 8.14. The summed E-state index contributed by atoms with van der Waals surface area (Å²) in [6, 6.07) is 3.85. The first-order valence-corrected chi connectivity index (χ1v) is 4.83. The number of nitrogens with zero attached hydrogens (tertiary/aromatic N) is 2. The van der Waals surface area contributed by atoms with Gasteiger partial charge >= 0.3 is 15.0 Å². The minimum absolute atomic E-state index is 0.499. The molecule has 1 aromatic rings. The van der Waals surface area contributed by atoms with Crippen molar-refractivity contribution in [2.45, 2.75) is 12.2 Å². The Morgan fingerprint density at radius 1 is 1.53 bits per heavy atom. The highest BCUT2D eigenvalue weighted by Crippen LogP contribution is 2.37. The normalized spacial score (nSPS) is 29.0. The topological polar surface area (TPSA) is 76.3 Å². The average molecular weight is 201 g/mol. The first kappa shape index (κ1) is 8.94. The maximum absolute atomic E-state index is 5.50. The first-order valence-electron chi connectivity index (χ1n) is 4.83. The number of aliphatic imine (C=N–C) groups is 1. The third kappa shape index (κ3) is 1.64. The first-order chi connectivity index (χ1) is 7.32. The van der Waals surface area contributed by atoms with E-state index in [0.29, 0.717) is 21.5 Å². The van der Waals surface area contributed by atoms with Gasteiger partial charge in [-0.1, -0.05) is 6.07 Å². The largest absolute Gasteiger partial charge is 0.549 e. The molecule has 0 bridgehead atoms. The van der Waals surface area contributed by atoms with Gasteiger partial charge in [-0.05, 0) is 11.6 Å². The smallest absolute Gasteiger partial charge is 0.434 e. The lowest BCUT2D eigenvalue weighted by Crippen LogP contribution is -2.10. The molecule has 2 aliphatic heterocycles. The van der Waals surface area contributed by atoms with Gasteiger partial charge in [-0.3, -0.25) is 4.98 Å². The fourth-order valence-corrected chi connectivity index (χ4v) is 1.41. The Kier molecular flexibility index (Phi) is 1.83. The van der Waals surface area contributed by atoms with Crippen molar-refractivity contribution in [2.24, 2.45) is 10.7 Å². The van der Waals surface area contributed by atoms with E-state index in [1.54, 1.807) is 6.20 Å². The second-order valence-electron chi connectivity index (χ2n) is 3.62. The zero-order chi connectivity index (χ0) is 10.3. The predicted molar refractivity (Wildman–Crippen MR) is 57.7 cm³/mol. The summed E-state index contributed by atoms with van der Waals surface area (Å²) < 4.78 is 10.3. The summed E-state index contributed by atoms with van der Waals surface area (Å²) in [5, 5.41) is 0. The van der Waals surface area contributed by atoms with Gasteiger partial charge in [0.05, 0.1) is 5.69 Å². The van der Waals surface area contributed by atoms with Crippen molar-refractivity contribution in [3.8, 4) is 0 Å². The van der Waals surface area contributed by atoms with Gasteiger partial charge in [-0.2, -0.15) is 0 Å². The SMILES string of the molecule is NCc1ccc(C2(/N=C3\BO3)BO2)nc1. The van der Waals surface area contributed by atoms with Gasteiger partial charge in [-0.25, -0.2) is 4.99 Å². The van der Waals surface area contributed by atoms with Crippen LogP contribution in [0, 0.1) is 0 Å². The second kappa shape index (κ2) is 3.08. The Labute approximate surface area is 88.2 Å². The molecule has 15 heavy (non-hydrogen) atoms. The number of hydrogen-bond acceptors (Lipinski definition) is 5. The van der Waals surface area contributed by atoms with Crippen LogP contribution in [0.2, 0.25) is 0 Å². The molecule has 3 heterocycles. The van der Waals surface area contributed by atoms with Crippen molar-refractivity contribution in [1.82, 2.24) is 4.98 Å². The second-order valence-corrected chi connectivity index (χ2v) is 3.62. The predicted octanol–water partition coefficient (Wildman–Crippen LogP) is -1.23. The third-order valence-corrected chi connectivity index (χ3v) is 2.46. The average Bonchev–Trinajstić information content (AvgIpc) is 3.17. The number of nitrogens with two attached hydrogens (primary N) is 1. The van der Waals surface area contributed by atoms with Crippen LogP contribution in [0.15, 0.2) is 23.3 Å². The Balaban J connectivity index is 1.88. The Hall–Kier alpha value is -1.33. The molecule has 0 radical (unpaired) electrons. The standard InChI is InChI=1S/C8H9B2N3O2/c11-3-5-1-2-6(12-4-5)8(10-15-8)13-7-9-14-7/h1-2,4,9-10H,3,11H2/b13-7+. The van der Waals surface area contributed by atoms with Crippen LogP contribution in [0.4, 0.5) is 0 Å². The van der Waals surface area contributed by atoms with Crippen LogP contribution < -0.4 is 5.73 Å². The number of rotatable bonds is 3. The van der Waals surface area contributed by atoms with Crippen molar-refractivity contribution in [3.63, 3.8) is 0 Å². The van der Waals surface area contributed by atoms with Gasteiger partial charge < -0.3 is 15.0 Å². The highest BCUT2D eigenvalue weighted by molar-refractivity contribution is 6.83. The summed E-state index contributed by atoms with van der Waals surface area (Å²) in [4.78, 5) is 8.63. The van der Waals surface area contributed by atoms with Gasteiger partial charge in [-0.15, -0.1) is 0 Å². The quantitative estimate of drug-likeness (QED) is 0.490. The Morgan fingerprint density at radius 3 is 2.80 bits per heavy atom. The van der Waals surface area contributed by atoms with Crippen LogP contribution in [-0.4, -0.2) is 25.7 Å². The van der Waals surface area contributed by atoms with Crippen LogP contribution in [0.5, 0.6) is 0 Å². The zero-order valence-electron chi connectivity index (χ0n) is 8.14. The minimum atomic E-state index is -0.570. The van der Waals surface area contributed by atoms with Gasteiger partial charge in [0.2, 0.25) is 0 Å². The molecule has 74 valence electrons. The van der Waals surface area contributed by atoms with E-state index in [1.165, 1.54) is 0 Å². The van der Waals surface area contributed by atoms with Crippen molar-refractivity contribution >= 4 is 20.8 Å². The van der Waals surface area contributed by atoms with E-state index >= 15 is 0 Å². The fourth-order valence-electron chi connectivity index (χ4n) is 1.41. The van der Waals surface area contributed by atoms with E-state index in [0.717, 1.165) is 17.1 Å². The number of pyridine rings is 1. The summed E-state index contributed by atoms with van der Waals surface area (Å²) in [7, 11) is 1.20. The molecule has 7 heteroatoms. The van der Waals surface area contributed by atoms with Crippen LogP contribution in [0.3, 0.4) is 0 Å². The molecule has 1 atom stereocenters. The fraction of sp³-hybridized carbons (Fsp3) is 0.250. The summed E-state index contributed by atoms with van der Waals surface area (Å²) in [6.45, 7) is 0.499. The van der Waals surface area contributed by atoms with E-state index in [2.05, 4.69) is 9.98 Å². The van der Waals surface area contributed by atoms with E-state index in [4.69, 9.17) is 15.0 Å². The van der Waals surface area contributed by atoms with Crippen molar-refractivity contribution in [3.05, 3.63) is 29.6 Å². The molecule has 2 saturated heterocycles. The number of aromatic nitrogens is 1. The molecular formula is C8H9B2N3O2. The molecule has 1 aromatic heterocycles. The van der Waals surface area contributed by atoms with Crippen molar-refractivity contribution < 1.29 is 9.31 Å². The molecular weight excluding hydrogens is 192 g/mol. The summed E-state index contributed by atoms with van der Waals surface area (Å²) in [5.41, 5.74) is 6.75. The van der Waals surface area contributed by atoms with Gasteiger partial charge in [0.1, 0.15) is 0 Å². The van der Waals surface area contributed by atoms with E-state index in [9.17, 15) is 0 Å². The van der Waals surface area contributed by atoms with Gasteiger partial charge in [0.25, 0.3) is 0 Å². The van der Waals surface area contributed by atoms with Gasteiger partial charge in [0.15, 0.2) is 11.4 Å². The lowest BCUT2D eigenvalue weighted by Gasteiger charge is -2.06. The molecule has 0 saturated carbocycles. The molecule has 0 aromatic carbocycles. The highest BCUT2D eigenvalue weighted by atomic mass is 16.6. The maximum Gasteiger partial charge on any atom is 0.434 e. The van der Waals surface area contributed by atoms with E-state index < -0.39 is 5.62 Å². The molecule has 2 fully saturated rings. The van der Waals surface area contributed by atoms with Crippen LogP contribution in [-0.2, 0) is 21.5 Å². The van der Waals surface area contributed by atoms with E-state index in [-0.39, 0.29) is 0 Å². The Morgan fingerprint density at radius 2 is 2.33 bits per heavy atom. The summed E-state index contributed by atoms with van der Waals surface area (Å²) in [5.74, 6) is 0.747. The maximum atomic E-state index is 5.50. The monoisotopic (exact) mass is 201 g/mol. The molecule has 2 aliphatic rings. The molecule has 0 aliphatic carbocycles. The van der Waals surface area contributed by atoms with Crippen LogP contribution in [0.25, 0.3) is 0 Å². The van der Waals surface area contributed by atoms with Crippen LogP contribution in [0.1, 0.15) is 11.3 Å². The molecule has 2 N–H and O–H groups in total. The number of hydrogen-bond donors (Lipinski definition) is 1.